The van der Waals surface area contributed by atoms with Crippen LogP contribution in [0.2, 0.25) is 0 Å². The summed E-state index contributed by atoms with van der Waals surface area (Å²) in [4.78, 5) is 0. The Morgan fingerprint density at radius 2 is 2.06 bits per heavy atom. The Kier molecular flexibility index (Phi) is 5.97. The molecule has 4 atom stereocenters. The molecule has 1 aliphatic heterocycles. The van der Waals surface area contributed by atoms with E-state index in [4.69, 9.17) is 4.74 Å². The van der Waals surface area contributed by atoms with Crippen LogP contribution < -0.4 is 5.32 Å². The van der Waals surface area contributed by atoms with Crippen LogP contribution in [0.1, 0.15) is 58.8 Å². The van der Waals surface area contributed by atoms with Gasteiger partial charge in [0.2, 0.25) is 0 Å². The first-order valence-corrected chi connectivity index (χ1v) is 8.16. The lowest BCUT2D eigenvalue weighted by Crippen LogP contribution is -2.44. The molecule has 0 aromatic rings. The molecule has 0 spiro atoms. The van der Waals surface area contributed by atoms with Crippen LogP contribution >= 0.6 is 0 Å². The van der Waals surface area contributed by atoms with Crippen LogP contribution in [0.4, 0.5) is 0 Å². The van der Waals surface area contributed by atoms with Crippen LogP contribution in [0, 0.1) is 17.8 Å². The van der Waals surface area contributed by atoms with Crippen LogP contribution in [0.3, 0.4) is 0 Å². The number of hydrogen-bond donors (Lipinski definition) is 1. The van der Waals surface area contributed by atoms with Gasteiger partial charge in [0.05, 0.1) is 6.61 Å². The molecule has 2 fully saturated rings. The van der Waals surface area contributed by atoms with E-state index in [1.165, 1.54) is 51.5 Å². The molecule has 1 aliphatic carbocycles. The van der Waals surface area contributed by atoms with Crippen molar-refractivity contribution in [2.24, 2.45) is 17.8 Å². The van der Waals surface area contributed by atoms with E-state index in [1.807, 2.05) is 0 Å². The molecule has 18 heavy (non-hydrogen) atoms. The molecule has 4 unspecified atom stereocenters. The average Bonchev–Trinajstić information content (AvgIpc) is 2.93. The topological polar surface area (TPSA) is 21.3 Å². The lowest BCUT2D eigenvalue weighted by Gasteiger charge is -2.37. The van der Waals surface area contributed by atoms with E-state index < -0.39 is 0 Å². The van der Waals surface area contributed by atoms with Crippen LogP contribution in [0.25, 0.3) is 0 Å². The highest BCUT2D eigenvalue weighted by molar-refractivity contribution is 4.88. The minimum absolute atomic E-state index is 0.724. The summed E-state index contributed by atoms with van der Waals surface area (Å²) < 4.78 is 5.62. The normalized spacial score (nSPS) is 34.7. The van der Waals surface area contributed by atoms with Crippen molar-refractivity contribution in [1.82, 2.24) is 5.32 Å². The maximum atomic E-state index is 5.62. The standard InChI is InChI=1S/C16H31NO/c1-3-9-17-16(15-8-10-18-12-15)14-7-5-6-13(4-2)11-14/h13-17H,3-12H2,1-2H3. The first-order chi connectivity index (χ1) is 8.85. The molecule has 1 saturated heterocycles. The Balaban J connectivity index is 1.93. The summed E-state index contributed by atoms with van der Waals surface area (Å²) >= 11 is 0. The van der Waals surface area contributed by atoms with Crippen LogP contribution in [-0.4, -0.2) is 25.8 Å². The lowest BCUT2D eigenvalue weighted by molar-refractivity contribution is 0.139. The van der Waals surface area contributed by atoms with Gasteiger partial charge in [-0.1, -0.05) is 33.1 Å². The van der Waals surface area contributed by atoms with E-state index in [1.54, 1.807) is 0 Å². The highest BCUT2D eigenvalue weighted by atomic mass is 16.5. The fourth-order valence-electron chi connectivity index (χ4n) is 3.89. The van der Waals surface area contributed by atoms with Gasteiger partial charge < -0.3 is 10.1 Å². The molecular weight excluding hydrogens is 222 g/mol. The van der Waals surface area contributed by atoms with Gasteiger partial charge in [0.25, 0.3) is 0 Å². The van der Waals surface area contributed by atoms with E-state index in [0.29, 0.717) is 0 Å². The molecule has 2 nitrogen and oxygen atoms in total. The summed E-state index contributed by atoms with van der Waals surface area (Å²) in [6, 6.07) is 0.724. The van der Waals surface area contributed by atoms with Gasteiger partial charge in [-0.3, -0.25) is 0 Å². The van der Waals surface area contributed by atoms with Crippen molar-refractivity contribution in [3.05, 3.63) is 0 Å². The number of ether oxygens (including phenoxy) is 1. The van der Waals surface area contributed by atoms with Crippen LogP contribution in [-0.2, 0) is 4.74 Å². The maximum absolute atomic E-state index is 5.62. The Hall–Kier alpha value is -0.0800. The van der Waals surface area contributed by atoms with Gasteiger partial charge in [0, 0.05) is 18.6 Å². The molecule has 0 radical (unpaired) electrons. The van der Waals surface area contributed by atoms with E-state index >= 15 is 0 Å². The second-order valence-electron chi connectivity index (χ2n) is 6.30. The summed E-state index contributed by atoms with van der Waals surface area (Å²) in [5.41, 5.74) is 0. The second kappa shape index (κ2) is 7.49. The van der Waals surface area contributed by atoms with Crippen molar-refractivity contribution in [2.45, 2.75) is 64.8 Å². The number of nitrogens with one attached hydrogen (secondary N) is 1. The third kappa shape index (κ3) is 3.71. The first kappa shape index (κ1) is 14.3. The molecule has 1 N–H and O–H groups in total. The molecule has 2 heteroatoms. The Morgan fingerprint density at radius 3 is 2.72 bits per heavy atom. The quantitative estimate of drug-likeness (QED) is 0.781. The molecule has 106 valence electrons. The molecule has 2 rings (SSSR count). The average molecular weight is 253 g/mol. The second-order valence-corrected chi connectivity index (χ2v) is 6.30. The zero-order valence-corrected chi connectivity index (χ0v) is 12.3. The van der Waals surface area contributed by atoms with Crippen molar-refractivity contribution in [3.8, 4) is 0 Å². The van der Waals surface area contributed by atoms with Crippen LogP contribution in [0.15, 0.2) is 0 Å². The smallest absolute Gasteiger partial charge is 0.0510 e. The fourth-order valence-corrected chi connectivity index (χ4v) is 3.89. The largest absolute Gasteiger partial charge is 0.381 e. The molecule has 1 saturated carbocycles. The van der Waals surface area contributed by atoms with E-state index in [2.05, 4.69) is 19.2 Å². The van der Waals surface area contributed by atoms with Gasteiger partial charge in [0.1, 0.15) is 0 Å². The van der Waals surface area contributed by atoms with Gasteiger partial charge in [-0.2, -0.15) is 0 Å². The highest BCUT2D eigenvalue weighted by Crippen LogP contribution is 2.36. The first-order valence-electron chi connectivity index (χ1n) is 8.16. The Labute approximate surface area is 113 Å². The van der Waals surface area contributed by atoms with Crippen molar-refractivity contribution in [1.29, 1.82) is 0 Å². The van der Waals surface area contributed by atoms with E-state index in [-0.39, 0.29) is 0 Å². The van der Waals surface area contributed by atoms with Crippen molar-refractivity contribution >= 4 is 0 Å². The highest BCUT2D eigenvalue weighted by Gasteiger charge is 2.34. The van der Waals surface area contributed by atoms with Gasteiger partial charge >= 0.3 is 0 Å². The lowest BCUT2D eigenvalue weighted by atomic mass is 9.73. The predicted molar refractivity (Wildman–Crippen MR) is 76.7 cm³/mol. The third-order valence-corrected chi connectivity index (χ3v) is 5.01. The third-order valence-electron chi connectivity index (χ3n) is 5.01. The summed E-state index contributed by atoms with van der Waals surface area (Å²) in [6.07, 6.45) is 9.69. The summed E-state index contributed by atoms with van der Waals surface area (Å²) in [6.45, 7) is 7.78. The minimum Gasteiger partial charge on any atom is -0.381 e. The number of hydrogen-bond acceptors (Lipinski definition) is 2. The van der Waals surface area contributed by atoms with Gasteiger partial charge in [-0.15, -0.1) is 0 Å². The fraction of sp³-hybridized carbons (Fsp3) is 1.00. The molecule has 0 aromatic carbocycles. The molecule has 0 bridgehead atoms. The number of rotatable bonds is 6. The SMILES string of the molecule is CCCNC(C1CCOC1)C1CCCC(CC)C1. The van der Waals surface area contributed by atoms with Gasteiger partial charge in [-0.05, 0) is 44.1 Å². The van der Waals surface area contributed by atoms with Crippen LogP contribution in [0.5, 0.6) is 0 Å². The van der Waals surface area contributed by atoms with Crippen molar-refractivity contribution in [3.63, 3.8) is 0 Å². The Bertz CT molecular complexity index is 225. The molecule has 0 aromatic heterocycles. The summed E-state index contributed by atoms with van der Waals surface area (Å²) in [5.74, 6) is 2.66. The van der Waals surface area contributed by atoms with Gasteiger partial charge in [-0.25, -0.2) is 0 Å². The molecule has 2 aliphatic rings. The zero-order chi connectivity index (χ0) is 12.8. The molecule has 1 heterocycles. The van der Waals surface area contributed by atoms with Crippen molar-refractivity contribution in [2.75, 3.05) is 19.8 Å². The maximum Gasteiger partial charge on any atom is 0.0510 e. The van der Waals surface area contributed by atoms with E-state index in [0.717, 1.165) is 37.0 Å². The van der Waals surface area contributed by atoms with Crippen molar-refractivity contribution < 1.29 is 4.74 Å². The molecular formula is C16H31NO. The zero-order valence-electron chi connectivity index (χ0n) is 12.3. The monoisotopic (exact) mass is 253 g/mol. The summed E-state index contributed by atoms with van der Waals surface area (Å²) in [5, 5.41) is 3.85. The minimum atomic E-state index is 0.724. The van der Waals surface area contributed by atoms with E-state index in [9.17, 15) is 0 Å². The molecule has 0 amide bonds. The Morgan fingerprint density at radius 1 is 1.17 bits per heavy atom. The van der Waals surface area contributed by atoms with Gasteiger partial charge in [0.15, 0.2) is 0 Å². The summed E-state index contributed by atoms with van der Waals surface area (Å²) in [7, 11) is 0. The predicted octanol–water partition coefficient (Wildman–Crippen LogP) is 3.61.